The Morgan fingerprint density at radius 3 is 2.94 bits per heavy atom. The van der Waals surface area contributed by atoms with Crippen molar-refractivity contribution >= 4 is 11.6 Å². The maximum absolute atomic E-state index is 13.0. The van der Waals surface area contributed by atoms with Crippen molar-refractivity contribution in [3.05, 3.63) is 34.6 Å². The molecule has 1 aliphatic heterocycles. The van der Waals surface area contributed by atoms with Crippen molar-refractivity contribution in [2.75, 3.05) is 13.1 Å². The van der Waals surface area contributed by atoms with Crippen LogP contribution in [-0.2, 0) is 6.54 Å². The van der Waals surface area contributed by atoms with Crippen molar-refractivity contribution in [2.24, 2.45) is 11.7 Å². The second-order valence-corrected chi connectivity index (χ2v) is 5.63. The van der Waals surface area contributed by atoms with Crippen LogP contribution in [0.5, 0.6) is 0 Å². The molecule has 2 unspecified atom stereocenters. The summed E-state index contributed by atoms with van der Waals surface area (Å²) in [6, 6.07) is 5.02. The second kappa shape index (κ2) is 6.00. The quantitative estimate of drug-likeness (QED) is 0.915. The van der Waals surface area contributed by atoms with Crippen LogP contribution >= 0.6 is 11.6 Å². The number of hydrogen-bond acceptors (Lipinski definition) is 2. The molecule has 4 heteroatoms. The van der Waals surface area contributed by atoms with Gasteiger partial charge in [-0.3, -0.25) is 4.90 Å². The average molecular weight is 271 g/mol. The number of nitrogens with zero attached hydrogens (tertiary/aromatic N) is 1. The van der Waals surface area contributed by atoms with Gasteiger partial charge >= 0.3 is 0 Å². The van der Waals surface area contributed by atoms with Gasteiger partial charge in [0.25, 0.3) is 0 Å². The summed E-state index contributed by atoms with van der Waals surface area (Å²) in [5.74, 6) is 0.449. The van der Waals surface area contributed by atoms with Gasteiger partial charge in [-0.15, -0.1) is 0 Å². The van der Waals surface area contributed by atoms with Crippen molar-refractivity contribution < 1.29 is 4.39 Å². The number of piperidine rings is 1. The molecular weight excluding hydrogens is 251 g/mol. The Morgan fingerprint density at radius 1 is 1.50 bits per heavy atom. The molecule has 0 spiro atoms. The van der Waals surface area contributed by atoms with Crippen molar-refractivity contribution in [2.45, 2.75) is 32.4 Å². The Labute approximate surface area is 113 Å². The summed E-state index contributed by atoms with van der Waals surface area (Å²) in [6.45, 7) is 4.73. The Hall–Kier alpha value is -0.640. The van der Waals surface area contributed by atoms with E-state index in [2.05, 4.69) is 11.8 Å². The summed E-state index contributed by atoms with van der Waals surface area (Å²) in [5.41, 5.74) is 6.81. The van der Waals surface area contributed by atoms with Gasteiger partial charge in [0.2, 0.25) is 0 Å². The summed E-state index contributed by atoms with van der Waals surface area (Å²) < 4.78 is 13.0. The fraction of sp³-hybridized carbons (Fsp3) is 0.571. The first-order valence-electron chi connectivity index (χ1n) is 6.48. The third-order valence-corrected chi connectivity index (χ3v) is 4.11. The van der Waals surface area contributed by atoms with Gasteiger partial charge in [-0.2, -0.15) is 0 Å². The van der Waals surface area contributed by atoms with E-state index in [4.69, 9.17) is 17.3 Å². The molecule has 2 atom stereocenters. The van der Waals surface area contributed by atoms with Gasteiger partial charge in [-0.25, -0.2) is 4.39 Å². The van der Waals surface area contributed by atoms with Crippen LogP contribution < -0.4 is 5.73 Å². The average Bonchev–Trinajstić information content (AvgIpc) is 2.34. The van der Waals surface area contributed by atoms with Crippen LogP contribution in [-0.4, -0.2) is 24.0 Å². The number of rotatable bonds is 3. The molecule has 100 valence electrons. The second-order valence-electron chi connectivity index (χ2n) is 5.23. The predicted octanol–water partition coefficient (Wildman–Crippen LogP) is 3.04. The van der Waals surface area contributed by atoms with E-state index in [9.17, 15) is 4.39 Å². The standard InChI is InChI=1S/C14H20ClFN2/c1-10-4-5-18(13(6-10)8-17)9-11-2-3-12(16)7-14(11)15/h2-3,7,10,13H,4-6,8-9,17H2,1H3. The largest absolute Gasteiger partial charge is 0.329 e. The molecule has 1 saturated heterocycles. The van der Waals surface area contributed by atoms with Crippen LogP contribution in [0.25, 0.3) is 0 Å². The van der Waals surface area contributed by atoms with E-state index in [0.717, 1.165) is 31.0 Å². The Kier molecular flexibility index (Phi) is 4.60. The zero-order valence-corrected chi connectivity index (χ0v) is 11.5. The van der Waals surface area contributed by atoms with E-state index in [1.807, 2.05) is 0 Å². The molecule has 1 aromatic rings. The minimum atomic E-state index is -0.286. The smallest absolute Gasteiger partial charge is 0.124 e. The highest BCUT2D eigenvalue weighted by Gasteiger charge is 2.25. The fourth-order valence-electron chi connectivity index (χ4n) is 2.62. The van der Waals surface area contributed by atoms with Crippen molar-refractivity contribution in [3.8, 4) is 0 Å². The first-order chi connectivity index (χ1) is 8.60. The summed E-state index contributed by atoms with van der Waals surface area (Å²) in [6.07, 6.45) is 2.32. The monoisotopic (exact) mass is 270 g/mol. The van der Waals surface area contributed by atoms with Crippen LogP contribution in [0.3, 0.4) is 0 Å². The Balaban J connectivity index is 2.07. The minimum absolute atomic E-state index is 0.286. The molecule has 0 aromatic heterocycles. The van der Waals surface area contributed by atoms with E-state index in [1.165, 1.54) is 18.6 Å². The van der Waals surface area contributed by atoms with Gasteiger partial charge in [0.1, 0.15) is 5.82 Å². The van der Waals surface area contributed by atoms with Gasteiger partial charge in [0.15, 0.2) is 0 Å². The molecule has 0 aliphatic carbocycles. The highest BCUT2D eigenvalue weighted by molar-refractivity contribution is 6.31. The van der Waals surface area contributed by atoms with Crippen molar-refractivity contribution in [3.63, 3.8) is 0 Å². The third-order valence-electron chi connectivity index (χ3n) is 3.76. The Bertz CT molecular complexity index is 411. The normalized spacial score (nSPS) is 25.3. The number of benzene rings is 1. The van der Waals surface area contributed by atoms with Gasteiger partial charge < -0.3 is 5.73 Å². The van der Waals surface area contributed by atoms with Gasteiger partial charge in [-0.1, -0.05) is 24.6 Å². The molecule has 0 saturated carbocycles. The molecule has 1 heterocycles. The van der Waals surface area contributed by atoms with Crippen molar-refractivity contribution in [1.29, 1.82) is 0 Å². The lowest BCUT2D eigenvalue weighted by molar-refractivity contribution is 0.115. The summed E-state index contributed by atoms with van der Waals surface area (Å²) in [4.78, 5) is 2.36. The first kappa shape index (κ1) is 13.8. The molecule has 1 fully saturated rings. The number of hydrogen-bond donors (Lipinski definition) is 1. The Morgan fingerprint density at radius 2 is 2.28 bits per heavy atom. The number of nitrogens with two attached hydrogens (primary N) is 1. The third kappa shape index (κ3) is 3.22. The highest BCUT2D eigenvalue weighted by Crippen LogP contribution is 2.26. The van der Waals surface area contributed by atoms with E-state index in [-0.39, 0.29) is 5.82 Å². The van der Waals surface area contributed by atoms with E-state index in [1.54, 1.807) is 6.07 Å². The molecule has 0 amide bonds. The summed E-state index contributed by atoms with van der Waals surface area (Å²) >= 11 is 6.07. The molecule has 0 bridgehead atoms. The lowest BCUT2D eigenvalue weighted by atomic mass is 9.92. The molecule has 2 N–H and O–H groups in total. The van der Waals surface area contributed by atoms with Crippen molar-refractivity contribution in [1.82, 2.24) is 4.90 Å². The van der Waals surface area contributed by atoms with Gasteiger partial charge in [-0.05, 0) is 43.0 Å². The SMILES string of the molecule is CC1CCN(Cc2ccc(F)cc2Cl)C(CN)C1. The van der Waals surface area contributed by atoms with Crippen LogP contribution in [0, 0.1) is 11.7 Å². The van der Waals surface area contributed by atoms with Gasteiger partial charge in [0, 0.05) is 24.2 Å². The lowest BCUT2D eigenvalue weighted by Crippen LogP contribution is -2.45. The molecule has 2 nitrogen and oxygen atoms in total. The van der Waals surface area contributed by atoms with E-state index in [0.29, 0.717) is 17.6 Å². The molecule has 1 aromatic carbocycles. The maximum atomic E-state index is 13.0. The molecule has 0 radical (unpaired) electrons. The van der Waals surface area contributed by atoms with Gasteiger partial charge in [0.05, 0.1) is 0 Å². The zero-order valence-electron chi connectivity index (χ0n) is 10.7. The predicted molar refractivity (Wildman–Crippen MR) is 73.1 cm³/mol. The summed E-state index contributed by atoms with van der Waals surface area (Å²) in [5, 5.41) is 0.504. The van der Waals surface area contributed by atoms with Crippen LogP contribution in [0.4, 0.5) is 4.39 Å². The summed E-state index contributed by atoms with van der Waals surface area (Å²) in [7, 11) is 0. The zero-order chi connectivity index (χ0) is 13.1. The van der Waals surface area contributed by atoms with E-state index >= 15 is 0 Å². The van der Waals surface area contributed by atoms with E-state index < -0.39 is 0 Å². The topological polar surface area (TPSA) is 29.3 Å². The highest BCUT2D eigenvalue weighted by atomic mass is 35.5. The number of likely N-dealkylation sites (tertiary alicyclic amines) is 1. The number of halogens is 2. The fourth-order valence-corrected chi connectivity index (χ4v) is 2.85. The molecule has 2 rings (SSSR count). The van der Waals surface area contributed by atoms with Crippen LogP contribution in [0.15, 0.2) is 18.2 Å². The lowest BCUT2D eigenvalue weighted by Gasteiger charge is -2.38. The first-order valence-corrected chi connectivity index (χ1v) is 6.86. The molecule has 1 aliphatic rings. The molecular formula is C14H20ClFN2. The van der Waals surface area contributed by atoms with Crippen LogP contribution in [0.1, 0.15) is 25.3 Å². The molecule has 18 heavy (non-hydrogen) atoms. The van der Waals surface area contributed by atoms with Crippen LogP contribution in [0.2, 0.25) is 5.02 Å². The minimum Gasteiger partial charge on any atom is -0.329 e. The maximum Gasteiger partial charge on any atom is 0.124 e.